The molecule has 2 rings (SSSR count). The largest absolute Gasteiger partial charge is 0.481 e. The summed E-state index contributed by atoms with van der Waals surface area (Å²) in [5, 5.41) is 12.6. The van der Waals surface area contributed by atoms with Crippen LogP contribution in [0, 0.1) is 17.7 Å². The van der Waals surface area contributed by atoms with Crippen molar-refractivity contribution in [3.63, 3.8) is 0 Å². The van der Waals surface area contributed by atoms with E-state index in [0.717, 1.165) is 25.7 Å². The van der Waals surface area contributed by atoms with Crippen molar-refractivity contribution in [2.45, 2.75) is 38.6 Å². The van der Waals surface area contributed by atoms with Gasteiger partial charge in [0, 0.05) is 16.1 Å². The van der Waals surface area contributed by atoms with Crippen LogP contribution >= 0.6 is 15.9 Å². The SMILES string of the molecule is CC(NCC1CCCCC1C(=O)O)c1ccc(Br)cc1F. The maximum absolute atomic E-state index is 13.9. The number of aliphatic carboxylic acids is 1. The Morgan fingerprint density at radius 1 is 1.48 bits per heavy atom. The zero-order chi connectivity index (χ0) is 15.4. The average molecular weight is 358 g/mol. The summed E-state index contributed by atoms with van der Waals surface area (Å²) in [5.41, 5.74) is 0.612. The van der Waals surface area contributed by atoms with Gasteiger partial charge in [0.2, 0.25) is 0 Å². The maximum atomic E-state index is 13.9. The van der Waals surface area contributed by atoms with Crippen molar-refractivity contribution in [2.24, 2.45) is 11.8 Å². The zero-order valence-corrected chi connectivity index (χ0v) is 13.7. The van der Waals surface area contributed by atoms with Gasteiger partial charge in [0.05, 0.1) is 5.92 Å². The van der Waals surface area contributed by atoms with Crippen LogP contribution in [0.2, 0.25) is 0 Å². The fourth-order valence-electron chi connectivity index (χ4n) is 3.07. The predicted molar refractivity (Wildman–Crippen MR) is 83.6 cm³/mol. The number of hydrogen-bond acceptors (Lipinski definition) is 2. The minimum Gasteiger partial charge on any atom is -0.481 e. The van der Waals surface area contributed by atoms with E-state index in [1.165, 1.54) is 6.07 Å². The molecule has 0 amide bonds. The van der Waals surface area contributed by atoms with Gasteiger partial charge >= 0.3 is 5.97 Å². The Balaban J connectivity index is 1.96. The van der Waals surface area contributed by atoms with E-state index in [4.69, 9.17) is 0 Å². The van der Waals surface area contributed by atoms with Gasteiger partial charge in [0.15, 0.2) is 0 Å². The molecule has 21 heavy (non-hydrogen) atoms. The third-order valence-electron chi connectivity index (χ3n) is 4.34. The van der Waals surface area contributed by atoms with Gasteiger partial charge in [-0.3, -0.25) is 4.79 Å². The lowest BCUT2D eigenvalue weighted by atomic mass is 9.79. The molecule has 1 aromatic rings. The van der Waals surface area contributed by atoms with Crippen molar-refractivity contribution in [1.82, 2.24) is 5.32 Å². The molecule has 0 heterocycles. The summed E-state index contributed by atoms with van der Waals surface area (Å²) in [6.07, 6.45) is 3.75. The van der Waals surface area contributed by atoms with Crippen molar-refractivity contribution in [2.75, 3.05) is 6.54 Å². The Kier molecular flexibility index (Phi) is 5.76. The molecular formula is C16H21BrFNO2. The lowest BCUT2D eigenvalue weighted by Crippen LogP contribution is -2.35. The van der Waals surface area contributed by atoms with Gasteiger partial charge in [-0.25, -0.2) is 4.39 Å². The first kappa shape index (κ1) is 16.4. The van der Waals surface area contributed by atoms with Crippen molar-refractivity contribution in [3.8, 4) is 0 Å². The van der Waals surface area contributed by atoms with Crippen molar-refractivity contribution in [1.29, 1.82) is 0 Å². The molecule has 2 N–H and O–H groups in total. The lowest BCUT2D eigenvalue weighted by Gasteiger charge is -2.30. The molecular weight excluding hydrogens is 337 g/mol. The Hall–Kier alpha value is -0.940. The van der Waals surface area contributed by atoms with Crippen LogP contribution in [0.25, 0.3) is 0 Å². The summed E-state index contributed by atoms with van der Waals surface area (Å²) in [5.74, 6) is -1.09. The topological polar surface area (TPSA) is 49.3 Å². The molecule has 3 unspecified atom stereocenters. The minimum absolute atomic E-state index is 0.130. The molecule has 0 saturated heterocycles. The van der Waals surface area contributed by atoms with Gasteiger partial charge in [-0.15, -0.1) is 0 Å². The first-order valence-electron chi connectivity index (χ1n) is 7.40. The first-order valence-corrected chi connectivity index (χ1v) is 8.19. The molecule has 5 heteroatoms. The van der Waals surface area contributed by atoms with Crippen LogP contribution in [0.15, 0.2) is 22.7 Å². The molecule has 1 aromatic carbocycles. The third-order valence-corrected chi connectivity index (χ3v) is 4.83. The third kappa shape index (κ3) is 4.27. The zero-order valence-electron chi connectivity index (χ0n) is 12.1. The monoisotopic (exact) mass is 357 g/mol. The number of carboxylic acid groups (broad SMARTS) is 1. The molecule has 1 saturated carbocycles. The highest BCUT2D eigenvalue weighted by Crippen LogP contribution is 2.30. The van der Waals surface area contributed by atoms with Crippen LogP contribution < -0.4 is 5.32 Å². The number of rotatable bonds is 5. The number of halogens is 2. The van der Waals surface area contributed by atoms with E-state index in [2.05, 4.69) is 21.2 Å². The van der Waals surface area contributed by atoms with E-state index in [1.807, 2.05) is 13.0 Å². The van der Waals surface area contributed by atoms with Crippen LogP contribution in [0.4, 0.5) is 4.39 Å². The lowest BCUT2D eigenvalue weighted by molar-refractivity contribution is -0.144. The first-order chi connectivity index (χ1) is 9.99. The highest BCUT2D eigenvalue weighted by atomic mass is 79.9. The van der Waals surface area contributed by atoms with E-state index >= 15 is 0 Å². The fourth-order valence-corrected chi connectivity index (χ4v) is 3.40. The summed E-state index contributed by atoms with van der Waals surface area (Å²) in [4.78, 5) is 11.3. The van der Waals surface area contributed by atoms with Gasteiger partial charge in [-0.1, -0.05) is 34.8 Å². The summed E-state index contributed by atoms with van der Waals surface area (Å²) in [7, 11) is 0. The van der Waals surface area contributed by atoms with Gasteiger partial charge < -0.3 is 10.4 Å². The predicted octanol–water partition coefficient (Wildman–Crippen LogP) is 4.13. The Morgan fingerprint density at radius 3 is 2.86 bits per heavy atom. The molecule has 0 spiro atoms. The summed E-state index contributed by atoms with van der Waals surface area (Å²) < 4.78 is 14.6. The molecule has 116 valence electrons. The maximum Gasteiger partial charge on any atom is 0.306 e. The quantitative estimate of drug-likeness (QED) is 0.832. The molecule has 0 radical (unpaired) electrons. The van der Waals surface area contributed by atoms with E-state index in [9.17, 15) is 14.3 Å². The molecule has 3 nitrogen and oxygen atoms in total. The fraction of sp³-hybridized carbons (Fsp3) is 0.562. The number of carboxylic acids is 1. The summed E-state index contributed by atoms with van der Waals surface area (Å²) >= 11 is 3.25. The second kappa shape index (κ2) is 7.36. The van der Waals surface area contributed by atoms with Gasteiger partial charge in [-0.2, -0.15) is 0 Å². The molecule has 0 aliphatic heterocycles. The van der Waals surface area contributed by atoms with Crippen LogP contribution in [0.1, 0.15) is 44.2 Å². The second-order valence-corrected chi connectivity index (χ2v) is 6.70. The van der Waals surface area contributed by atoms with Crippen LogP contribution in [-0.4, -0.2) is 17.6 Å². The van der Waals surface area contributed by atoms with Crippen molar-refractivity contribution >= 4 is 21.9 Å². The Labute approximate surface area is 133 Å². The highest BCUT2D eigenvalue weighted by molar-refractivity contribution is 9.10. The number of benzene rings is 1. The van der Waals surface area contributed by atoms with E-state index in [0.29, 0.717) is 16.6 Å². The van der Waals surface area contributed by atoms with Crippen LogP contribution in [0.5, 0.6) is 0 Å². The van der Waals surface area contributed by atoms with E-state index in [1.54, 1.807) is 6.07 Å². The highest BCUT2D eigenvalue weighted by Gasteiger charge is 2.30. The van der Waals surface area contributed by atoms with Crippen LogP contribution in [-0.2, 0) is 4.79 Å². The molecule has 1 aliphatic rings. The van der Waals surface area contributed by atoms with Crippen molar-refractivity contribution in [3.05, 3.63) is 34.1 Å². The van der Waals surface area contributed by atoms with Gasteiger partial charge in [0.1, 0.15) is 5.82 Å². The summed E-state index contributed by atoms with van der Waals surface area (Å²) in [6, 6.07) is 4.90. The molecule has 0 aromatic heterocycles. The summed E-state index contributed by atoms with van der Waals surface area (Å²) in [6.45, 7) is 2.53. The average Bonchev–Trinajstić information content (AvgIpc) is 2.45. The molecule has 0 bridgehead atoms. The normalized spacial score (nSPS) is 23.8. The molecule has 3 atom stereocenters. The second-order valence-electron chi connectivity index (χ2n) is 5.79. The molecule has 1 fully saturated rings. The van der Waals surface area contributed by atoms with Gasteiger partial charge in [-0.05, 0) is 44.4 Å². The number of carbonyl (C=O) groups is 1. The smallest absolute Gasteiger partial charge is 0.306 e. The van der Waals surface area contributed by atoms with Gasteiger partial charge in [0.25, 0.3) is 0 Å². The Morgan fingerprint density at radius 2 is 2.19 bits per heavy atom. The van der Waals surface area contributed by atoms with Crippen LogP contribution in [0.3, 0.4) is 0 Å². The standard InChI is InChI=1S/C16H21BrFNO2/c1-10(13-7-6-12(17)8-15(13)18)19-9-11-4-2-3-5-14(11)16(20)21/h6-8,10-11,14,19H,2-5,9H2,1H3,(H,20,21). The number of nitrogens with one attached hydrogen (secondary N) is 1. The van der Waals surface area contributed by atoms with E-state index in [-0.39, 0.29) is 23.7 Å². The van der Waals surface area contributed by atoms with E-state index < -0.39 is 5.97 Å². The van der Waals surface area contributed by atoms with Crippen molar-refractivity contribution < 1.29 is 14.3 Å². The minimum atomic E-state index is -0.705. The molecule has 1 aliphatic carbocycles. The Bertz CT molecular complexity index is 509. The number of hydrogen-bond donors (Lipinski definition) is 2.